The number of aliphatic carboxylic acids is 2. The standard InChI is InChI=1S/C10H12N2O7S.Na/c13-9(14)5-7(10(15)16)12-11-6-3-1-2-4-8(6)20(17,18)19;/h1-4,7,11-12H,5H2,(H,13,14)(H,15,16)(H,17,18,19);/q;+1/p-1. The van der Waals surface area contributed by atoms with E-state index in [1.54, 1.807) is 0 Å². The fourth-order valence-electron chi connectivity index (χ4n) is 1.33. The van der Waals surface area contributed by atoms with Crippen LogP contribution >= 0.6 is 0 Å². The van der Waals surface area contributed by atoms with Crippen LogP contribution in [0.1, 0.15) is 6.42 Å². The van der Waals surface area contributed by atoms with Crippen molar-refractivity contribution in [2.24, 2.45) is 0 Å². The van der Waals surface area contributed by atoms with Crippen molar-refractivity contribution >= 4 is 27.7 Å². The number of hydrazine groups is 1. The van der Waals surface area contributed by atoms with Gasteiger partial charge in [-0.25, -0.2) is 5.43 Å². The summed E-state index contributed by atoms with van der Waals surface area (Å²) in [6, 6.07) is 3.61. The average Bonchev–Trinajstić information content (AvgIpc) is 2.33. The third-order valence-corrected chi connectivity index (χ3v) is 3.13. The van der Waals surface area contributed by atoms with Crippen LogP contribution in [0.2, 0.25) is 0 Å². The zero-order valence-electron chi connectivity index (χ0n) is 10.9. The molecule has 1 rings (SSSR count). The van der Waals surface area contributed by atoms with Gasteiger partial charge in [0, 0.05) is 12.4 Å². The van der Waals surface area contributed by atoms with Gasteiger partial charge < -0.3 is 20.4 Å². The van der Waals surface area contributed by atoms with Crippen LogP contribution in [0.5, 0.6) is 0 Å². The molecule has 1 atom stereocenters. The van der Waals surface area contributed by atoms with E-state index in [4.69, 9.17) is 9.66 Å². The Bertz CT molecular complexity index is 620. The Labute approximate surface area is 142 Å². The summed E-state index contributed by atoms with van der Waals surface area (Å²) in [5.41, 5.74) is 4.25. The number of hydrogen-bond donors (Lipinski definition) is 4. The molecular weight excluding hydrogens is 315 g/mol. The Balaban J connectivity index is 0.00000400. The van der Waals surface area contributed by atoms with E-state index in [0.29, 0.717) is 0 Å². The van der Waals surface area contributed by atoms with Crippen LogP contribution in [0.15, 0.2) is 29.2 Å². The molecule has 0 fully saturated rings. The van der Waals surface area contributed by atoms with Gasteiger partial charge in [0.25, 0.3) is 10.1 Å². The normalized spacial score (nSPS) is 12.0. The first-order valence-electron chi connectivity index (χ1n) is 5.22. The quantitative estimate of drug-likeness (QED) is 0.220. The van der Waals surface area contributed by atoms with Crippen LogP contribution in [0, 0.1) is 0 Å². The SMILES string of the molecule is O=C([O-])CC(NNc1ccccc1S(=O)(=O)O)C(=O)O.[Na+]. The Hall–Kier alpha value is -1.17. The van der Waals surface area contributed by atoms with Gasteiger partial charge in [0.1, 0.15) is 10.9 Å². The second kappa shape index (κ2) is 8.32. The molecule has 4 N–H and O–H groups in total. The van der Waals surface area contributed by atoms with E-state index in [1.807, 2.05) is 0 Å². The van der Waals surface area contributed by atoms with Crippen molar-refractivity contribution < 1.29 is 62.3 Å². The molecule has 0 saturated carbocycles. The molecule has 1 aromatic carbocycles. The van der Waals surface area contributed by atoms with Gasteiger partial charge in [-0.3, -0.25) is 9.35 Å². The molecule has 11 heteroatoms. The molecule has 1 aromatic rings. The number of anilines is 1. The van der Waals surface area contributed by atoms with Gasteiger partial charge in [0.2, 0.25) is 0 Å². The number of para-hydroxylation sites is 1. The van der Waals surface area contributed by atoms with Crippen molar-refractivity contribution in [3.8, 4) is 0 Å². The fraction of sp³-hybridized carbons (Fsp3) is 0.200. The summed E-state index contributed by atoms with van der Waals surface area (Å²) in [6.07, 6.45) is -0.823. The van der Waals surface area contributed by atoms with Crippen molar-refractivity contribution in [1.82, 2.24) is 5.43 Å². The summed E-state index contributed by atoms with van der Waals surface area (Å²) in [5, 5.41) is 19.1. The summed E-state index contributed by atoms with van der Waals surface area (Å²) in [5.74, 6) is -3.05. The number of benzene rings is 1. The van der Waals surface area contributed by atoms with Gasteiger partial charge in [-0.05, 0) is 12.1 Å². The van der Waals surface area contributed by atoms with Crippen LogP contribution in [-0.4, -0.2) is 36.1 Å². The van der Waals surface area contributed by atoms with Crippen LogP contribution < -0.4 is 45.5 Å². The second-order valence-electron chi connectivity index (χ2n) is 3.71. The fourth-order valence-corrected chi connectivity index (χ4v) is 1.97. The molecule has 1 unspecified atom stereocenters. The van der Waals surface area contributed by atoms with E-state index in [1.165, 1.54) is 18.2 Å². The number of nitrogens with one attached hydrogen (secondary N) is 2. The minimum absolute atomic E-state index is 0. The second-order valence-corrected chi connectivity index (χ2v) is 5.10. The van der Waals surface area contributed by atoms with Crippen LogP contribution in [0.25, 0.3) is 0 Å². The summed E-state index contributed by atoms with van der Waals surface area (Å²) >= 11 is 0. The van der Waals surface area contributed by atoms with Crippen molar-refractivity contribution in [2.75, 3.05) is 5.43 Å². The van der Waals surface area contributed by atoms with Gasteiger partial charge in [0.05, 0.1) is 5.69 Å². The first-order valence-corrected chi connectivity index (χ1v) is 6.66. The molecule has 0 radical (unpaired) electrons. The molecule has 0 spiro atoms. The van der Waals surface area contributed by atoms with Crippen LogP contribution in [-0.2, 0) is 19.7 Å². The molecule has 0 aromatic heterocycles. The molecule has 21 heavy (non-hydrogen) atoms. The minimum atomic E-state index is -4.50. The van der Waals surface area contributed by atoms with Crippen molar-refractivity contribution in [3.63, 3.8) is 0 Å². The Morgan fingerprint density at radius 2 is 1.86 bits per heavy atom. The topological polar surface area (TPSA) is 156 Å². The summed E-state index contributed by atoms with van der Waals surface area (Å²) in [7, 11) is -4.50. The summed E-state index contributed by atoms with van der Waals surface area (Å²) in [4.78, 5) is 20.7. The van der Waals surface area contributed by atoms with E-state index >= 15 is 0 Å². The number of hydrogen-bond acceptors (Lipinski definition) is 7. The van der Waals surface area contributed by atoms with E-state index < -0.39 is 39.4 Å². The third kappa shape index (κ3) is 6.42. The summed E-state index contributed by atoms with van der Waals surface area (Å²) < 4.78 is 31.1. The smallest absolute Gasteiger partial charge is 0.550 e. The van der Waals surface area contributed by atoms with Crippen LogP contribution in [0.3, 0.4) is 0 Å². The zero-order valence-corrected chi connectivity index (χ0v) is 13.8. The zero-order chi connectivity index (χ0) is 15.3. The maximum absolute atomic E-state index is 11.1. The number of rotatable bonds is 7. The predicted molar refractivity (Wildman–Crippen MR) is 64.1 cm³/mol. The van der Waals surface area contributed by atoms with E-state index in [-0.39, 0.29) is 35.2 Å². The molecule has 0 amide bonds. The third-order valence-electron chi connectivity index (χ3n) is 2.21. The molecule has 9 nitrogen and oxygen atoms in total. The molecule has 0 saturated heterocycles. The predicted octanol–water partition coefficient (Wildman–Crippen LogP) is -4.55. The molecule has 0 aliphatic heterocycles. The van der Waals surface area contributed by atoms with Crippen LogP contribution in [0.4, 0.5) is 5.69 Å². The Kier molecular flexibility index (Phi) is 7.85. The molecule has 110 valence electrons. The Morgan fingerprint density at radius 1 is 1.29 bits per heavy atom. The molecular formula is C10H11N2NaO7S. The van der Waals surface area contributed by atoms with Crippen molar-refractivity contribution in [3.05, 3.63) is 24.3 Å². The van der Waals surface area contributed by atoms with E-state index in [2.05, 4.69) is 10.9 Å². The first kappa shape index (κ1) is 19.8. The minimum Gasteiger partial charge on any atom is -0.550 e. The van der Waals surface area contributed by atoms with E-state index in [9.17, 15) is 23.1 Å². The number of carboxylic acid groups (broad SMARTS) is 2. The van der Waals surface area contributed by atoms with E-state index in [0.717, 1.165) is 6.07 Å². The maximum Gasteiger partial charge on any atom is 1.00 e. The first-order chi connectivity index (χ1) is 9.21. The Morgan fingerprint density at radius 3 is 2.33 bits per heavy atom. The van der Waals surface area contributed by atoms with Crippen molar-refractivity contribution in [1.29, 1.82) is 0 Å². The average molecular weight is 326 g/mol. The number of carbonyl (C=O) groups is 2. The van der Waals surface area contributed by atoms with Gasteiger partial charge in [0.15, 0.2) is 0 Å². The van der Waals surface area contributed by atoms with Gasteiger partial charge in [-0.2, -0.15) is 8.42 Å². The van der Waals surface area contributed by atoms with Gasteiger partial charge in [-0.15, -0.1) is 0 Å². The largest absolute Gasteiger partial charge is 1.00 e. The monoisotopic (exact) mass is 326 g/mol. The van der Waals surface area contributed by atoms with Gasteiger partial charge in [-0.1, -0.05) is 12.1 Å². The molecule has 0 aliphatic carbocycles. The molecule has 0 bridgehead atoms. The summed E-state index contributed by atoms with van der Waals surface area (Å²) in [6.45, 7) is 0. The van der Waals surface area contributed by atoms with Gasteiger partial charge >= 0.3 is 35.5 Å². The maximum atomic E-state index is 11.1. The van der Waals surface area contributed by atoms with Crippen molar-refractivity contribution in [2.45, 2.75) is 17.4 Å². The molecule has 0 aliphatic rings. The number of carboxylic acids is 2. The molecule has 0 heterocycles. The number of carbonyl (C=O) groups excluding carboxylic acids is 1.